The Bertz CT molecular complexity index is 3790. The van der Waals surface area contributed by atoms with E-state index in [2.05, 4.69) is 21.3 Å². The Kier molecular flexibility index (Phi) is 31.8. The zero-order chi connectivity index (χ0) is 75.3. The van der Waals surface area contributed by atoms with Crippen LogP contribution in [0.5, 0.6) is 23.0 Å². The molecule has 1 spiro atoms. The normalized spacial score (nSPS) is 16.1. The summed E-state index contributed by atoms with van der Waals surface area (Å²) in [6.45, 7) is 0.985. The molecule has 5 unspecified atom stereocenters. The number of fused-ring (bicyclic) bond motifs is 6. The molecule has 2 aliphatic heterocycles. The Morgan fingerprint density at radius 1 is 0.567 bits per heavy atom. The number of allylic oxidation sites excluding steroid dienone is 1. The second kappa shape index (κ2) is 40.7. The number of benzene rings is 4. The van der Waals surface area contributed by atoms with Gasteiger partial charge in [0, 0.05) is 113 Å². The maximum atomic E-state index is 13.6. The summed E-state index contributed by atoms with van der Waals surface area (Å²) in [5.41, 5.74) is 3.53. The zero-order valence-electron chi connectivity index (χ0n) is 57.7. The van der Waals surface area contributed by atoms with Gasteiger partial charge in [-0.3, -0.25) is 38.6 Å². The number of nitrogens with one attached hydrogen (secondary N) is 4. The minimum Gasteiger partial charge on any atom is -0.508 e. The number of aliphatic hydroxyl groups is 1. The van der Waals surface area contributed by atoms with E-state index in [1.807, 2.05) is 12.1 Å². The lowest BCUT2D eigenvalue weighted by Crippen LogP contribution is -2.51. The van der Waals surface area contributed by atoms with Gasteiger partial charge in [-0.15, -0.1) is 0 Å². The molecule has 29 nitrogen and oxygen atoms in total. The second-order valence-corrected chi connectivity index (χ2v) is 26.5. The Morgan fingerprint density at radius 3 is 1.79 bits per heavy atom. The number of carboxylic acids is 5. The number of Topliss-reactive ketones (excluding diaryl/α,β-unsaturated/α-hetero) is 1. The monoisotopic (exact) mass is 1460 g/mol. The number of ketones is 1. The fourth-order valence-corrected chi connectivity index (χ4v) is 12.9. The molecule has 5 atom stereocenters. The molecule has 4 amide bonds. The summed E-state index contributed by atoms with van der Waals surface area (Å²) in [6.07, 6.45) is 9.87. The van der Waals surface area contributed by atoms with Crippen molar-refractivity contribution in [2.45, 2.75) is 152 Å². The van der Waals surface area contributed by atoms with Crippen molar-refractivity contribution >= 4 is 76.5 Å². The number of phenols is 3. The summed E-state index contributed by atoms with van der Waals surface area (Å²) < 4.78 is 23.8. The third-order valence-corrected chi connectivity index (χ3v) is 18.2. The van der Waals surface area contributed by atoms with Crippen LogP contribution in [0.3, 0.4) is 0 Å². The van der Waals surface area contributed by atoms with Crippen LogP contribution in [0.1, 0.15) is 146 Å². The third-order valence-electron chi connectivity index (χ3n) is 17.9. The van der Waals surface area contributed by atoms with Crippen molar-refractivity contribution in [3.8, 4) is 23.0 Å². The number of esters is 1. The van der Waals surface area contributed by atoms with Crippen molar-refractivity contribution in [1.29, 1.82) is 0 Å². The van der Waals surface area contributed by atoms with Gasteiger partial charge in [-0.2, -0.15) is 0 Å². The number of aliphatic hydroxyl groups excluding tert-OH is 1. The number of unbranched alkanes of at least 4 members (excludes halogenated alkanes) is 4. The topological polar surface area (TPSA) is 444 Å². The highest BCUT2D eigenvalue weighted by Gasteiger charge is 2.58. The van der Waals surface area contributed by atoms with Crippen LogP contribution in [0.4, 0.5) is 4.79 Å². The number of amides is 4. The van der Waals surface area contributed by atoms with E-state index >= 15 is 0 Å². The predicted molar refractivity (Wildman–Crippen MR) is 378 cm³/mol. The Hall–Kier alpha value is -10.0. The van der Waals surface area contributed by atoms with Crippen molar-refractivity contribution in [3.63, 3.8) is 0 Å². The number of carbonyl (C=O) groups excluding carboxylic acids is 5. The quantitative estimate of drug-likeness (QED) is 0.0123. The van der Waals surface area contributed by atoms with Gasteiger partial charge in [-0.25, -0.2) is 19.2 Å². The first-order valence-corrected chi connectivity index (χ1v) is 35.1. The highest BCUT2D eigenvalue weighted by atomic mass is 32.1. The molecule has 562 valence electrons. The van der Waals surface area contributed by atoms with Crippen molar-refractivity contribution in [2.75, 3.05) is 65.7 Å². The van der Waals surface area contributed by atoms with Gasteiger partial charge in [0.15, 0.2) is 5.60 Å². The zero-order valence-corrected chi connectivity index (χ0v) is 58.5. The van der Waals surface area contributed by atoms with Crippen LogP contribution in [0.2, 0.25) is 0 Å². The molecule has 4 aromatic rings. The van der Waals surface area contributed by atoms with E-state index in [0.29, 0.717) is 136 Å². The number of aromatic hydroxyl groups is 3. The molecule has 4 aromatic carbocycles. The van der Waals surface area contributed by atoms with Crippen LogP contribution in [0, 0.1) is 5.92 Å². The molecule has 0 bridgehead atoms. The molecule has 7 rings (SSSR count). The lowest BCUT2D eigenvalue weighted by atomic mass is 9.70. The second-order valence-electron chi connectivity index (χ2n) is 25.9. The largest absolute Gasteiger partial charge is 0.508 e. The van der Waals surface area contributed by atoms with Gasteiger partial charge in [-0.1, -0.05) is 67.5 Å². The molecule has 0 saturated carbocycles. The molecule has 1 aliphatic carbocycles. The average molecular weight is 1470 g/mol. The number of nitrogens with zero attached hydrogens (tertiary/aromatic N) is 2. The lowest BCUT2D eigenvalue weighted by Gasteiger charge is -2.44. The lowest BCUT2D eigenvalue weighted by molar-refractivity contribution is -0.141. The highest BCUT2D eigenvalue weighted by molar-refractivity contribution is 7.80. The van der Waals surface area contributed by atoms with Gasteiger partial charge in [0.05, 0.1) is 44.4 Å². The van der Waals surface area contributed by atoms with Crippen molar-refractivity contribution in [3.05, 3.63) is 141 Å². The fourth-order valence-electron chi connectivity index (χ4n) is 12.6. The maximum absolute atomic E-state index is 13.6. The number of hydrogen-bond acceptors (Lipinski definition) is 21. The van der Waals surface area contributed by atoms with Gasteiger partial charge in [-0.05, 0) is 128 Å². The van der Waals surface area contributed by atoms with Crippen LogP contribution in [-0.4, -0.2) is 204 Å². The minimum atomic E-state index is -1.53. The number of carbonyl (C=O) groups is 10. The predicted octanol–water partition coefficient (Wildman–Crippen LogP) is 6.75. The molecule has 13 N–H and O–H groups in total. The van der Waals surface area contributed by atoms with Gasteiger partial charge in [0.1, 0.15) is 52.7 Å². The van der Waals surface area contributed by atoms with Crippen LogP contribution in [0.25, 0.3) is 0 Å². The molecule has 0 radical (unpaired) electrons. The number of rotatable bonds is 48. The van der Waals surface area contributed by atoms with Crippen LogP contribution >= 0.6 is 12.2 Å². The number of carboxylic acid groups (broad SMARTS) is 5. The Labute approximate surface area is 606 Å². The van der Waals surface area contributed by atoms with E-state index in [0.717, 1.165) is 16.0 Å². The molecule has 0 fully saturated rings. The van der Waals surface area contributed by atoms with Crippen molar-refractivity contribution in [1.82, 2.24) is 31.1 Å². The standard InChI is InChI=1S/C74H92N6O23S/c81-51(8-3-1-2-4-11-65(86)75-28-6-5-10-59(70(94)95)77-73(99)78-60(71(96)97)23-27-67(88)89)17-12-46-14-24-61(84)49(36-46)42-79(44-68(90)91)30-31-80(45-69(92)93)43-50-37-47(15-25-62(50)85)16-26-66(87)76-29-33-101-35-34-100-32-7-9-54(104)38-48-13-20-56-55(39-48)72(98)103-74(56)57-21-18-52(82)40-63(57)102-64-41-53(83)19-22-58(64)74/h13-15,18-22,24-25,36-37,39-41,57,59-60,63,82-85H,1-12,16-17,23,26-35,38,42-45H2,(H,75,86)(H,76,87)(H,88,89)(H,90,91)(H,92,93)(H,94,95)(H,96,97)(H2,77,78,99). The third kappa shape index (κ3) is 25.7. The summed E-state index contributed by atoms with van der Waals surface area (Å²) in [5, 5.41) is 99.2. The number of hydrogen-bond donors (Lipinski definition) is 13. The Morgan fingerprint density at radius 2 is 1.15 bits per heavy atom. The summed E-state index contributed by atoms with van der Waals surface area (Å²) in [6, 6.07) is 16.0. The minimum absolute atomic E-state index is 0.0111. The molecule has 2 heterocycles. The Balaban J connectivity index is 0.736. The number of aryl methyl sites for hydroxylation is 2. The first kappa shape index (κ1) is 81.3. The molecule has 0 saturated heterocycles. The number of ether oxygens (including phenoxy) is 4. The average Bonchev–Trinajstić information content (AvgIpc) is 1.49. The van der Waals surface area contributed by atoms with E-state index in [1.54, 1.807) is 54.6 Å². The SMILES string of the molecule is O=C(O)CCC(NC(=O)NC(CCCCNC(=O)CCCCCCC(=O)CCc1ccc(O)c(CN(CCN(CC(=O)O)Cc2cc(CCC(=O)NCCOCCOCCCC(=S)Cc3ccc4c(c3)C(=O)OC43c4ccc(O)cc4OC4C=C(O)C=CC43)ccc2O)CC(=O)O)c1)C(=O)O)C(=O)O. The van der Waals surface area contributed by atoms with Crippen molar-refractivity contribution in [2.24, 2.45) is 5.92 Å². The first-order chi connectivity index (χ1) is 49.8. The van der Waals surface area contributed by atoms with Gasteiger partial charge in [0.2, 0.25) is 11.8 Å². The fraction of sp³-hybridized carbons (Fsp3) is 0.473. The van der Waals surface area contributed by atoms with Gasteiger partial charge < -0.3 is 86.2 Å². The van der Waals surface area contributed by atoms with Crippen molar-refractivity contribution < 1.29 is 113 Å². The van der Waals surface area contributed by atoms with E-state index in [1.165, 1.54) is 34.1 Å². The van der Waals surface area contributed by atoms with E-state index in [-0.39, 0.29) is 112 Å². The maximum Gasteiger partial charge on any atom is 0.339 e. The number of thiocarbonyl (C=S) groups is 1. The summed E-state index contributed by atoms with van der Waals surface area (Å²) in [5.74, 6) is -7.62. The highest BCUT2D eigenvalue weighted by Crippen LogP contribution is 2.56. The smallest absolute Gasteiger partial charge is 0.339 e. The van der Waals surface area contributed by atoms with Gasteiger partial charge >= 0.3 is 41.8 Å². The van der Waals surface area contributed by atoms with Crippen LogP contribution in [-0.2, 0) is 90.5 Å². The number of phenolic OH excluding ortho intramolecular Hbond substituents is 3. The number of aliphatic carboxylic acids is 5. The first-order valence-electron chi connectivity index (χ1n) is 34.7. The van der Waals surface area contributed by atoms with Crippen LogP contribution in [0.15, 0.2) is 96.8 Å². The molecule has 0 aromatic heterocycles. The summed E-state index contributed by atoms with van der Waals surface area (Å²) in [7, 11) is 0. The summed E-state index contributed by atoms with van der Waals surface area (Å²) in [4.78, 5) is 126. The van der Waals surface area contributed by atoms with E-state index < -0.39 is 97.5 Å². The molecular formula is C74H92N6O23S. The summed E-state index contributed by atoms with van der Waals surface area (Å²) >= 11 is 5.72. The molecule has 3 aliphatic rings. The molecular weight excluding hydrogens is 1370 g/mol. The molecule has 104 heavy (non-hydrogen) atoms. The van der Waals surface area contributed by atoms with Gasteiger partial charge in [0.25, 0.3) is 0 Å². The van der Waals surface area contributed by atoms with E-state index in [9.17, 15) is 88.8 Å². The molecule has 30 heteroatoms. The number of urea groups is 1. The van der Waals surface area contributed by atoms with E-state index in [4.69, 9.17) is 36.3 Å². The van der Waals surface area contributed by atoms with Crippen LogP contribution < -0.4 is 26.0 Å².